The van der Waals surface area contributed by atoms with E-state index in [4.69, 9.17) is 13.9 Å². The number of unbranched alkanes of at least 4 members (excludes halogenated alkanes) is 1. The van der Waals surface area contributed by atoms with Crippen molar-refractivity contribution in [1.29, 1.82) is 0 Å². The minimum Gasteiger partial charge on any atom is -0.760 e. The maximum absolute atomic E-state index is 11.1. The van der Waals surface area contributed by atoms with Gasteiger partial charge in [-0.2, -0.15) is 11.8 Å². The topological polar surface area (TPSA) is 157 Å². The molecule has 0 bridgehead atoms. The summed E-state index contributed by atoms with van der Waals surface area (Å²) >= 11 is -0.490. The highest BCUT2D eigenvalue weighted by Crippen LogP contribution is 2.33. The first-order valence-electron chi connectivity index (χ1n) is 10.8. The van der Waals surface area contributed by atoms with Crippen LogP contribution in [0.25, 0.3) is 21.8 Å². The van der Waals surface area contributed by atoms with Gasteiger partial charge in [-0.25, -0.2) is 9.78 Å². The number of hydrogen-bond donors (Lipinski definition) is 4. The number of nitrogens with zero attached hydrogens (tertiary/aromatic N) is 1. The number of pyridine rings is 1. The van der Waals surface area contributed by atoms with Crippen LogP contribution in [0.4, 0.5) is 4.79 Å². The van der Waals surface area contributed by atoms with Gasteiger partial charge in [-0.05, 0) is 31.0 Å². The van der Waals surface area contributed by atoms with Crippen molar-refractivity contribution in [2.75, 3.05) is 5.75 Å². The summed E-state index contributed by atoms with van der Waals surface area (Å²) in [6, 6.07) is 19.0. The molecule has 3 heterocycles. The van der Waals surface area contributed by atoms with E-state index in [2.05, 4.69) is 39.0 Å². The molecular formula is C23H27N4O5S2-. The van der Waals surface area contributed by atoms with Gasteiger partial charge >= 0.3 is 12.0 Å². The van der Waals surface area contributed by atoms with E-state index in [1.807, 2.05) is 48.2 Å². The standard InChI is InChI=1S/C13H9N.C10H16N2O3S.H3NO2S/c1-3-7-12-10(5-1)9-11-6-2-4-8-13(11)14-12;13-8(14)4-2-1-3-7-9-6(5-16-7)11-10(15)12-9;1-4(2)3/h1-9H;6-7,9H,1-5H2,(H,13,14)(H2,11,12,15);1H2,(H,2,3)/p-1/t;6-,7-,9-;/m.0./s1. The van der Waals surface area contributed by atoms with Crippen LogP contribution in [0.1, 0.15) is 25.7 Å². The van der Waals surface area contributed by atoms with Gasteiger partial charge in [0.15, 0.2) is 0 Å². The molecule has 2 amide bonds. The Morgan fingerprint density at radius 2 is 1.71 bits per heavy atom. The predicted octanol–water partition coefficient (Wildman–Crippen LogP) is 2.92. The maximum Gasteiger partial charge on any atom is 0.315 e. The minimum atomic E-state index is -2.36. The quantitative estimate of drug-likeness (QED) is 0.180. The molecule has 0 spiro atoms. The molecule has 1 aromatic heterocycles. The predicted molar refractivity (Wildman–Crippen MR) is 134 cm³/mol. The highest BCUT2D eigenvalue weighted by atomic mass is 32.2. The van der Waals surface area contributed by atoms with Gasteiger partial charge in [0.1, 0.15) is 0 Å². The maximum atomic E-state index is 11.1. The molecule has 0 aliphatic carbocycles. The monoisotopic (exact) mass is 503 g/mol. The lowest BCUT2D eigenvalue weighted by Gasteiger charge is -2.16. The Hall–Kier alpha value is -2.73. The number of rotatable bonds is 5. The molecule has 2 saturated heterocycles. The van der Waals surface area contributed by atoms with Crippen LogP contribution in [-0.2, 0) is 16.1 Å². The highest BCUT2D eigenvalue weighted by molar-refractivity contribution is 8.00. The second-order valence-corrected chi connectivity index (χ2v) is 9.69. The number of carbonyl (C=O) groups is 2. The van der Waals surface area contributed by atoms with E-state index in [0.29, 0.717) is 5.25 Å². The average Bonchev–Trinajstić information content (AvgIpc) is 3.34. The molecule has 2 aromatic carbocycles. The first-order valence-corrected chi connectivity index (χ1v) is 13.0. The van der Waals surface area contributed by atoms with Crippen LogP contribution in [0.15, 0.2) is 54.6 Å². The molecule has 2 fully saturated rings. The zero-order valence-corrected chi connectivity index (χ0v) is 20.0. The lowest BCUT2D eigenvalue weighted by atomic mass is 10.0. The van der Waals surface area contributed by atoms with E-state index in [1.54, 1.807) is 0 Å². The van der Waals surface area contributed by atoms with Gasteiger partial charge in [-0.3, -0.25) is 14.1 Å². The van der Waals surface area contributed by atoms with Gasteiger partial charge in [0, 0.05) is 39.5 Å². The number of carboxylic acid groups (broad SMARTS) is 1. The van der Waals surface area contributed by atoms with Crippen molar-refractivity contribution in [2.45, 2.75) is 43.0 Å². The van der Waals surface area contributed by atoms with Crippen molar-refractivity contribution >= 4 is 56.8 Å². The number of hydrogen-bond acceptors (Lipinski definition) is 6. The lowest BCUT2D eigenvalue weighted by molar-refractivity contribution is -0.137. The number of benzene rings is 2. The summed E-state index contributed by atoms with van der Waals surface area (Å²) in [5, 5.41) is 21.2. The second kappa shape index (κ2) is 12.7. The van der Waals surface area contributed by atoms with Crippen LogP contribution < -0.4 is 15.8 Å². The average molecular weight is 504 g/mol. The van der Waals surface area contributed by atoms with E-state index in [1.165, 1.54) is 10.8 Å². The van der Waals surface area contributed by atoms with Crippen LogP contribution in [0, 0.1) is 0 Å². The zero-order valence-electron chi connectivity index (χ0n) is 18.4. The number of urea groups is 1. The molecule has 0 radical (unpaired) electrons. The van der Waals surface area contributed by atoms with Gasteiger partial charge in [0.05, 0.1) is 23.1 Å². The summed E-state index contributed by atoms with van der Waals surface area (Å²) in [4.78, 5) is 26.0. The number of aliphatic carboxylic acids is 1. The summed E-state index contributed by atoms with van der Waals surface area (Å²) < 4.78 is 17.6. The van der Waals surface area contributed by atoms with Crippen molar-refractivity contribution in [1.82, 2.24) is 15.6 Å². The largest absolute Gasteiger partial charge is 0.760 e. The molecule has 4 atom stereocenters. The van der Waals surface area contributed by atoms with Crippen molar-refractivity contribution < 1.29 is 23.5 Å². The lowest BCUT2D eigenvalue weighted by Crippen LogP contribution is -2.36. The fraction of sp³-hybridized carbons (Fsp3) is 0.348. The molecule has 1 unspecified atom stereocenters. The number of carbonyl (C=O) groups excluding carboxylic acids is 1. The molecule has 3 aromatic rings. The Labute approximate surface area is 204 Å². The van der Waals surface area contributed by atoms with Gasteiger partial charge in [0.25, 0.3) is 0 Å². The summed E-state index contributed by atoms with van der Waals surface area (Å²) in [5.41, 5.74) is 2.12. The number of carboxylic acids is 1. The Kier molecular flexibility index (Phi) is 9.63. The molecular weight excluding hydrogens is 476 g/mol. The Balaban J connectivity index is 0.000000166. The van der Waals surface area contributed by atoms with Gasteiger partial charge in [-0.1, -0.05) is 42.8 Å². The number of para-hydroxylation sites is 2. The van der Waals surface area contributed by atoms with E-state index >= 15 is 0 Å². The van der Waals surface area contributed by atoms with Gasteiger partial charge < -0.3 is 20.3 Å². The summed E-state index contributed by atoms with van der Waals surface area (Å²) in [6.45, 7) is 0. The van der Waals surface area contributed by atoms with E-state index in [0.717, 1.165) is 36.0 Å². The van der Waals surface area contributed by atoms with Crippen molar-refractivity contribution in [3.05, 3.63) is 54.6 Å². The molecule has 9 nitrogen and oxygen atoms in total. The van der Waals surface area contributed by atoms with Gasteiger partial charge in [0.2, 0.25) is 0 Å². The number of aromatic nitrogens is 1. The minimum absolute atomic E-state index is 0.0640. The molecule has 11 heteroatoms. The van der Waals surface area contributed by atoms with Crippen molar-refractivity contribution in [3.8, 4) is 0 Å². The number of thioether (sulfide) groups is 1. The Morgan fingerprint density at radius 3 is 2.29 bits per heavy atom. The summed E-state index contributed by atoms with van der Waals surface area (Å²) in [6.07, 6.45) is 2.88. The zero-order chi connectivity index (χ0) is 24.5. The fourth-order valence-corrected chi connectivity index (χ4v) is 5.53. The molecule has 5 N–H and O–H groups in total. The van der Waals surface area contributed by atoms with E-state index in [9.17, 15) is 9.59 Å². The van der Waals surface area contributed by atoms with Crippen LogP contribution >= 0.6 is 11.8 Å². The molecule has 34 heavy (non-hydrogen) atoms. The molecule has 2 aliphatic heterocycles. The fourth-order valence-electron chi connectivity index (χ4n) is 3.98. The van der Waals surface area contributed by atoms with Crippen LogP contribution in [0.3, 0.4) is 0 Å². The molecule has 0 saturated carbocycles. The van der Waals surface area contributed by atoms with E-state index in [-0.39, 0.29) is 24.5 Å². The number of fused-ring (bicyclic) bond motifs is 3. The third kappa shape index (κ3) is 7.66. The second-order valence-electron chi connectivity index (χ2n) is 7.90. The Bertz CT molecular complexity index is 1050. The number of nitrogens with one attached hydrogen (secondary N) is 2. The number of amides is 2. The van der Waals surface area contributed by atoms with Crippen molar-refractivity contribution in [2.24, 2.45) is 5.14 Å². The molecule has 2 aliphatic rings. The van der Waals surface area contributed by atoms with Crippen LogP contribution in [0.5, 0.6) is 0 Å². The Morgan fingerprint density at radius 1 is 1.12 bits per heavy atom. The third-order valence-electron chi connectivity index (χ3n) is 5.49. The van der Waals surface area contributed by atoms with Crippen molar-refractivity contribution in [3.63, 3.8) is 0 Å². The van der Waals surface area contributed by atoms with Crippen LogP contribution in [0.2, 0.25) is 0 Å². The molecule has 182 valence electrons. The van der Waals surface area contributed by atoms with Crippen LogP contribution in [-0.4, -0.2) is 53.9 Å². The summed E-state index contributed by atoms with van der Waals surface area (Å²) in [5.74, 6) is 0.236. The third-order valence-corrected chi connectivity index (χ3v) is 7.00. The van der Waals surface area contributed by atoms with Gasteiger partial charge in [-0.15, -0.1) is 0 Å². The first kappa shape index (κ1) is 25.9. The number of nitrogens with two attached hydrogens (primary N) is 1. The highest BCUT2D eigenvalue weighted by Gasteiger charge is 2.42. The summed E-state index contributed by atoms with van der Waals surface area (Å²) in [7, 11) is 0. The molecule has 5 rings (SSSR count). The normalized spacial score (nSPS) is 21.4. The van der Waals surface area contributed by atoms with E-state index < -0.39 is 17.2 Å². The smallest absolute Gasteiger partial charge is 0.315 e. The SMILES string of the molecule is NS(=O)[O-].O=C(O)CCCC[C@@H]1SC[C@@H]2NC(=O)N[C@@H]21.c1ccc2nc3ccccc3cc2c1. The first-order chi connectivity index (χ1) is 16.3.